The average Bonchev–Trinajstić information content (AvgIpc) is 1.59. The van der Waals surface area contributed by atoms with Crippen molar-refractivity contribution in [2.45, 2.75) is 19.5 Å². The molecule has 0 saturated carbocycles. The number of alkyl halides is 3. The number of ether oxygens (including phenoxy) is 1. The monoisotopic (exact) mass is 155 g/mol. The molecule has 0 aliphatic rings. The lowest BCUT2D eigenvalue weighted by Gasteiger charge is -2.06. The fourth-order valence-electron chi connectivity index (χ4n) is 0.407. The molecule has 0 amide bonds. The summed E-state index contributed by atoms with van der Waals surface area (Å²) in [5.74, 6) is -0.727. The van der Waals surface area contributed by atoms with E-state index in [4.69, 9.17) is 5.41 Å². The largest absolute Gasteiger partial charge is 0.481 e. The van der Waals surface area contributed by atoms with Crippen molar-refractivity contribution in [3.8, 4) is 0 Å². The van der Waals surface area contributed by atoms with Crippen LogP contribution in [-0.4, -0.2) is 18.7 Å². The summed E-state index contributed by atoms with van der Waals surface area (Å²) in [4.78, 5) is 0. The van der Waals surface area contributed by atoms with E-state index in [-0.39, 0.29) is 6.61 Å². The number of hydrogen-bond acceptors (Lipinski definition) is 2. The van der Waals surface area contributed by atoms with Gasteiger partial charge in [0.2, 0.25) is 0 Å². The van der Waals surface area contributed by atoms with Crippen LogP contribution in [0.2, 0.25) is 0 Å². The second-order valence-electron chi connectivity index (χ2n) is 1.65. The van der Waals surface area contributed by atoms with Crippen LogP contribution in [0.5, 0.6) is 0 Å². The van der Waals surface area contributed by atoms with Gasteiger partial charge in [-0.2, -0.15) is 13.2 Å². The molecule has 0 spiro atoms. The highest BCUT2D eigenvalue weighted by atomic mass is 19.4. The van der Waals surface area contributed by atoms with Gasteiger partial charge in [0.25, 0.3) is 0 Å². The standard InChI is InChI=1S/C5H8F3NO/c1-2-10-4(9)3-5(6,7)8/h9H,2-3H2,1H3. The first-order valence-electron chi connectivity index (χ1n) is 2.72. The third-order valence-electron chi connectivity index (χ3n) is 0.680. The third kappa shape index (κ3) is 5.40. The van der Waals surface area contributed by atoms with Crippen LogP contribution in [0, 0.1) is 5.41 Å². The summed E-state index contributed by atoms with van der Waals surface area (Å²) in [5.41, 5.74) is 0. The van der Waals surface area contributed by atoms with E-state index in [1.807, 2.05) is 0 Å². The Kier molecular flexibility index (Phi) is 3.18. The van der Waals surface area contributed by atoms with Gasteiger partial charge in [-0.15, -0.1) is 0 Å². The van der Waals surface area contributed by atoms with Gasteiger partial charge < -0.3 is 4.74 Å². The van der Waals surface area contributed by atoms with Crippen LogP contribution in [0.25, 0.3) is 0 Å². The first-order chi connectivity index (χ1) is 4.45. The first kappa shape index (κ1) is 9.26. The maximum Gasteiger partial charge on any atom is 0.397 e. The Hall–Kier alpha value is -0.740. The maximum atomic E-state index is 11.4. The minimum atomic E-state index is -4.33. The molecule has 0 rings (SSSR count). The van der Waals surface area contributed by atoms with Gasteiger partial charge in [0, 0.05) is 0 Å². The van der Waals surface area contributed by atoms with Gasteiger partial charge in [-0.05, 0) is 6.92 Å². The second kappa shape index (κ2) is 3.43. The molecule has 2 nitrogen and oxygen atoms in total. The predicted molar refractivity (Wildman–Crippen MR) is 30.0 cm³/mol. The van der Waals surface area contributed by atoms with Crippen molar-refractivity contribution < 1.29 is 17.9 Å². The Morgan fingerprint density at radius 3 is 2.30 bits per heavy atom. The van der Waals surface area contributed by atoms with E-state index in [9.17, 15) is 13.2 Å². The molecule has 0 aliphatic carbocycles. The van der Waals surface area contributed by atoms with Crippen molar-refractivity contribution in [1.29, 1.82) is 5.41 Å². The minimum absolute atomic E-state index is 0.106. The van der Waals surface area contributed by atoms with Gasteiger partial charge in [-0.25, -0.2) is 0 Å². The summed E-state index contributed by atoms with van der Waals surface area (Å²) in [6.07, 6.45) is -5.60. The highest BCUT2D eigenvalue weighted by Crippen LogP contribution is 2.19. The summed E-state index contributed by atoms with van der Waals surface area (Å²) in [5, 5.41) is 6.60. The summed E-state index contributed by atoms with van der Waals surface area (Å²) in [6.45, 7) is 1.64. The Balaban J connectivity index is 3.58. The van der Waals surface area contributed by atoms with Gasteiger partial charge in [0.05, 0.1) is 6.61 Å². The molecular formula is C5H8F3NO. The first-order valence-corrected chi connectivity index (χ1v) is 2.72. The smallest absolute Gasteiger partial charge is 0.397 e. The zero-order chi connectivity index (χ0) is 8.20. The van der Waals surface area contributed by atoms with Crippen molar-refractivity contribution in [2.75, 3.05) is 6.61 Å². The Morgan fingerprint density at radius 2 is 2.00 bits per heavy atom. The fourth-order valence-corrected chi connectivity index (χ4v) is 0.407. The minimum Gasteiger partial charge on any atom is -0.481 e. The van der Waals surface area contributed by atoms with Crippen LogP contribution in [-0.2, 0) is 4.74 Å². The second-order valence-corrected chi connectivity index (χ2v) is 1.65. The quantitative estimate of drug-likeness (QED) is 0.479. The summed E-state index contributed by atoms with van der Waals surface area (Å²) >= 11 is 0. The molecule has 0 aromatic carbocycles. The molecule has 5 heteroatoms. The Labute approximate surface area is 56.5 Å². The van der Waals surface area contributed by atoms with Crippen LogP contribution >= 0.6 is 0 Å². The van der Waals surface area contributed by atoms with Crippen LogP contribution in [0.1, 0.15) is 13.3 Å². The SMILES string of the molecule is CCOC(=N)CC(F)(F)F. The van der Waals surface area contributed by atoms with Gasteiger partial charge in [0.15, 0.2) is 5.90 Å². The number of rotatable bonds is 2. The molecule has 0 atom stereocenters. The Morgan fingerprint density at radius 1 is 1.50 bits per heavy atom. The van der Waals surface area contributed by atoms with E-state index in [1.165, 1.54) is 6.92 Å². The van der Waals surface area contributed by atoms with E-state index < -0.39 is 18.5 Å². The zero-order valence-corrected chi connectivity index (χ0v) is 5.46. The van der Waals surface area contributed by atoms with E-state index in [2.05, 4.69) is 4.74 Å². The van der Waals surface area contributed by atoms with Crippen molar-refractivity contribution in [3.05, 3.63) is 0 Å². The van der Waals surface area contributed by atoms with Crippen LogP contribution in [0.4, 0.5) is 13.2 Å². The molecule has 0 aromatic heterocycles. The highest BCUT2D eigenvalue weighted by Gasteiger charge is 2.29. The lowest BCUT2D eigenvalue weighted by Crippen LogP contribution is -2.16. The zero-order valence-electron chi connectivity index (χ0n) is 5.46. The van der Waals surface area contributed by atoms with E-state index >= 15 is 0 Å². The molecule has 0 unspecified atom stereocenters. The Bertz CT molecular complexity index is 121. The molecule has 1 N–H and O–H groups in total. The number of nitrogens with one attached hydrogen (secondary N) is 1. The normalized spacial score (nSPS) is 11.2. The molecule has 60 valence electrons. The molecule has 0 aliphatic heterocycles. The summed E-state index contributed by atoms with van der Waals surface area (Å²) in [6, 6.07) is 0. The van der Waals surface area contributed by atoms with E-state index in [0.29, 0.717) is 0 Å². The fraction of sp³-hybridized carbons (Fsp3) is 0.800. The molecule has 0 aromatic rings. The molecule has 0 fully saturated rings. The lowest BCUT2D eigenvalue weighted by molar-refractivity contribution is -0.124. The van der Waals surface area contributed by atoms with Crippen LogP contribution in [0.15, 0.2) is 0 Å². The topological polar surface area (TPSA) is 33.1 Å². The van der Waals surface area contributed by atoms with Gasteiger partial charge >= 0.3 is 6.18 Å². The van der Waals surface area contributed by atoms with Crippen molar-refractivity contribution in [2.24, 2.45) is 0 Å². The van der Waals surface area contributed by atoms with Gasteiger partial charge in [0.1, 0.15) is 6.42 Å². The maximum absolute atomic E-state index is 11.4. The molecule has 10 heavy (non-hydrogen) atoms. The van der Waals surface area contributed by atoms with Gasteiger partial charge in [-0.3, -0.25) is 5.41 Å². The molecule has 0 heterocycles. The van der Waals surface area contributed by atoms with Crippen LogP contribution < -0.4 is 0 Å². The molecular weight excluding hydrogens is 147 g/mol. The van der Waals surface area contributed by atoms with Gasteiger partial charge in [-0.1, -0.05) is 0 Å². The van der Waals surface area contributed by atoms with Crippen molar-refractivity contribution >= 4 is 5.90 Å². The lowest BCUT2D eigenvalue weighted by atomic mass is 10.4. The van der Waals surface area contributed by atoms with E-state index in [1.54, 1.807) is 0 Å². The van der Waals surface area contributed by atoms with Crippen molar-refractivity contribution in [1.82, 2.24) is 0 Å². The predicted octanol–water partition coefficient (Wildman–Crippen LogP) is 1.95. The number of hydrogen-bond donors (Lipinski definition) is 1. The number of halogens is 3. The summed E-state index contributed by atoms with van der Waals surface area (Å²) in [7, 11) is 0. The highest BCUT2D eigenvalue weighted by molar-refractivity contribution is 5.73. The molecule has 0 saturated heterocycles. The molecule has 0 radical (unpaired) electrons. The summed E-state index contributed by atoms with van der Waals surface area (Å²) < 4.78 is 38.5. The van der Waals surface area contributed by atoms with Crippen molar-refractivity contribution in [3.63, 3.8) is 0 Å². The average molecular weight is 155 g/mol. The third-order valence-corrected chi connectivity index (χ3v) is 0.680. The van der Waals surface area contributed by atoms with E-state index in [0.717, 1.165) is 0 Å². The molecule has 0 bridgehead atoms. The van der Waals surface area contributed by atoms with Crippen LogP contribution in [0.3, 0.4) is 0 Å².